The van der Waals surface area contributed by atoms with E-state index in [-0.39, 0.29) is 5.92 Å². The molecule has 3 nitrogen and oxygen atoms in total. The van der Waals surface area contributed by atoms with Crippen molar-refractivity contribution in [2.24, 2.45) is 5.92 Å². The van der Waals surface area contributed by atoms with Crippen LogP contribution in [0.3, 0.4) is 0 Å². The van der Waals surface area contributed by atoms with Gasteiger partial charge in [0.1, 0.15) is 0 Å². The highest BCUT2D eigenvalue weighted by molar-refractivity contribution is 5.78. The summed E-state index contributed by atoms with van der Waals surface area (Å²) in [4.78, 5) is 17.0. The molecule has 21 heavy (non-hydrogen) atoms. The van der Waals surface area contributed by atoms with Gasteiger partial charge < -0.3 is 4.90 Å². The maximum Gasteiger partial charge on any atom is 0.225 e. The summed E-state index contributed by atoms with van der Waals surface area (Å²) in [5.74, 6) is 0.624. The van der Waals surface area contributed by atoms with Crippen LogP contribution < -0.4 is 0 Å². The first-order valence-corrected chi connectivity index (χ1v) is 8.93. The van der Waals surface area contributed by atoms with E-state index in [1.54, 1.807) is 5.57 Å². The number of carbonyl (C=O) groups is 1. The lowest BCUT2D eigenvalue weighted by molar-refractivity contribution is -0.137. The van der Waals surface area contributed by atoms with Gasteiger partial charge in [-0.05, 0) is 44.9 Å². The highest BCUT2D eigenvalue weighted by Crippen LogP contribution is 2.21. The summed E-state index contributed by atoms with van der Waals surface area (Å²) in [5.41, 5.74) is 1.66. The Morgan fingerprint density at radius 1 is 1.14 bits per heavy atom. The van der Waals surface area contributed by atoms with Crippen LogP contribution in [0.2, 0.25) is 0 Å². The minimum Gasteiger partial charge on any atom is -0.340 e. The van der Waals surface area contributed by atoms with Crippen molar-refractivity contribution < 1.29 is 4.79 Å². The largest absolute Gasteiger partial charge is 0.340 e. The molecule has 1 aliphatic heterocycles. The van der Waals surface area contributed by atoms with Crippen molar-refractivity contribution in [3.8, 4) is 0 Å². The van der Waals surface area contributed by atoms with Crippen LogP contribution in [0.5, 0.6) is 0 Å². The number of hydrogen-bond acceptors (Lipinski definition) is 2. The summed E-state index contributed by atoms with van der Waals surface area (Å²) in [7, 11) is 0. The van der Waals surface area contributed by atoms with E-state index in [9.17, 15) is 4.79 Å². The van der Waals surface area contributed by atoms with E-state index >= 15 is 0 Å². The van der Waals surface area contributed by atoms with Crippen LogP contribution in [0.1, 0.15) is 58.8 Å². The molecule has 1 fully saturated rings. The third-order valence-electron chi connectivity index (χ3n) is 5.15. The molecule has 0 atom stereocenters. The average molecular weight is 292 g/mol. The van der Waals surface area contributed by atoms with Gasteiger partial charge in [-0.15, -0.1) is 0 Å². The standard InChI is InChI=1S/C18H32N2O/c1-3-17(4-2)18(21)20-14-12-19(13-15-20)11-10-16-8-6-5-7-9-16/h8,17H,3-7,9-15H2,1-2H3. The molecule has 1 amide bonds. The van der Waals surface area contributed by atoms with E-state index in [1.165, 1.54) is 38.6 Å². The van der Waals surface area contributed by atoms with Gasteiger partial charge in [0.25, 0.3) is 0 Å². The van der Waals surface area contributed by atoms with Gasteiger partial charge in [0.15, 0.2) is 0 Å². The number of amides is 1. The first-order valence-electron chi connectivity index (χ1n) is 8.93. The van der Waals surface area contributed by atoms with Crippen LogP contribution >= 0.6 is 0 Å². The Morgan fingerprint density at radius 3 is 2.43 bits per heavy atom. The fourth-order valence-electron chi connectivity index (χ4n) is 3.52. The zero-order chi connectivity index (χ0) is 15.1. The average Bonchev–Trinajstić information content (AvgIpc) is 2.55. The monoisotopic (exact) mass is 292 g/mol. The second-order valence-corrected chi connectivity index (χ2v) is 6.54. The Balaban J connectivity index is 1.70. The van der Waals surface area contributed by atoms with Crippen LogP contribution in [0, 0.1) is 5.92 Å². The summed E-state index contributed by atoms with van der Waals surface area (Å²) in [6, 6.07) is 0. The lowest BCUT2D eigenvalue weighted by Crippen LogP contribution is -2.50. The maximum absolute atomic E-state index is 12.4. The van der Waals surface area contributed by atoms with Crippen molar-refractivity contribution >= 4 is 5.91 Å². The Hall–Kier alpha value is -0.830. The lowest BCUT2D eigenvalue weighted by Gasteiger charge is -2.36. The molecule has 2 rings (SSSR count). The molecule has 120 valence electrons. The molecule has 0 bridgehead atoms. The van der Waals surface area contributed by atoms with Gasteiger partial charge in [0.2, 0.25) is 5.91 Å². The van der Waals surface area contributed by atoms with Crippen molar-refractivity contribution in [1.29, 1.82) is 0 Å². The molecule has 1 saturated heterocycles. The Bertz CT molecular complexity index is 352. The van der Waals surface area contributed by atoms with Crippen LogP contribution in [-0.4, -0.2) is 48.4 Å². The normalized spacial score (nSPS) is 20.7. The molecule has 1 aliphatic carbocycles. The summed E-state index contributed by atoms with van der Waals surface area (Å²) >= 11 is 0. The second-order valence-electron chi connectivity index (χ2n) is 6.54. The number of allylic oxidation sites excluding steroid dienone is 1. The van der Waals surface area contributed by atoms with Crippen LogP contribution in [0.4, 0.5) is 0 Å². The Labute approximate surface area is 130 Å². The zero-order valence-electron chi connectivity index (χ0n) is 13.9. The minimum absolute atomic E-state index is 0.240. The number of nitrogens with zero attached hydrogens (tertiary/aromatic N) is 2. The second kappa shape index (κ2) is 8.57. The van der Waals surface area contributed by atoms with Crippen LogP contribution in [-0.2, 0) is 4.79 Å². The van der Waals surface area contributed by atoms with Crippen LogP contribution in [0.25, 0.3) is 0 Å². The molecule has 0 N–H and O–H groups in total. The van der Waals surface area contributed by atoms with E-state index in [2.05, 4.69) is 29.7 Å². The lowest BCUT2D eigenvalue weighted by atomic mass is 9.97. The van der Waals surface area contributed by atoms with Gasteiger partial charge in [-0.1, -0.05) is 25.5 Å². The van der Waals surface area contributed by atoms with Crippen LogP contribution in [0.15, 0.2) is 11.6 Å². The highest BCUT2D eigenvalue weighted by atomic mass is 16.2. The van der Waals surface area contributed by atoms with Gasteiger partial charge >= 0.3 is 0 Å². The number of piperazine rings is 1. The van der Waals surface area contributed by atoms with Crippen molar-refractivity contribution in [1.82, 2.24) is 9.80 Å². The smallest absolute Gasteiger partial charge is 0.225 e. The van der Waals surface area contributed by atoms with Crippen molar-refractivity contribution in [2.75, 3.05) is 32.7 Å². The summed E-state index contributed by atoms with van der Waals surface area (Å²) in [5, 5.41) is 0. The van der Waals surface area contributed by atoms with Crippen molar-refractivity contribution in [3.05, 3.63) is 11.6 Å². The number of rotatable bonds is 6. The van der Waals surface area contributed by atoms with Gasteiger partial charge in [-0.2, -0.15) is 0 Å². The van der Waals surface area contributed by atoms with Crippen molar-refractivity contribution in [2.45, 2.75) is 58.8 Å². The van der Waals surface area contributed by atoms with Crippen molar-refractivity contribution in [3.63, 3.8) is 0 Å². The van der Waals surface area contributed by atoms with E-state index in [0.717, 1.165) is 39.0 Å². The van der Waals surface area contributed by atoms with E-state index < -0.39 is 0 Å². The fraction of sp³-hybridized carbons (Fsp3) is 0.833. The number of hydrogen-bond donors (Lipinski definition) is 0. The predicted molar refractivity (Wildman–Crippen MR) is 88.3 cm³/mol. The fourth-order valence-corrected chi connectivity index (χ4v) is 3.52. The maximum atomic E-state index is 12.4. The van der Waals surface area contributed by atoms with E-state index in [0.29, 0.717) is 5.91 Å². The summed E-state index contributed by atoms with van der Waals surface area (Å²) in [6.45, 7) is 9.39. The third kappa shape index (κ3) is 4.84. The third-order valence-corrected chi connectivity index (χ3v) is 5.15. The molecule has 0 saturated carbocycles. The molecule has 0 spiro atoms. The molecule has 2 aliphatic rings. The summed E-state index contributed by atoms with van der Waals surface area (Å²) in [6.07, 6.45) is 11.0. The van der Waals surface area contributed by atoms with Gasteiger partial charge in [0.05, 0.1) is 0 Å². The SMILES string of the molecule is CCC(CC)C(=O)N1CCN(CCC2=CCCCC2)CC1. The molecular formula is C18H32N2O. The predicted octanol–water partition coefficient (Wildman–Crippen LogP) is 3.46. The minimum atomic E-state index is 0.240. The Morgan fingerprint density at radius 2 is 1.86 bits per heavy atom. The van der Waals surface area contributed by atoms with E-state index in [4.69, 9.17) is 0 Å². The van der Waals surface area contributed by atoms with Gasteiger partial charge in [0, 0.05) is 38.6 Å². The molecule has 1 heterocycles. The topological polar surface area (TPSA) is 23.6 Å². The van der Waals surface area contributed by atoms with Gasteiger partial charge in [-0.25, -0.2) is 0 Å². The Kier molecular flexibility index (Phi) is 6.75. The van der Waals surface area contributed by atoms with E-state index in [1.807, 2.05) is 0 Å². The first-order chi connectivity index (χ1) is 10.2. The first kappa shape index (κ1) is 16.5. The quantitative estimate of drug-likeness (QED) is 0.700. The zero-order valence-corrected chi connectivity index (χ0v) is 13.9. The van der Waals surface area contributed by atoms with Gasteiger partial charge in [-0.3, -0.25) is 9.69 Å². The molecule has 3 heteroatoms. The molecular weight excluding hydrogens is 260 g/mol. The molecule has 0 aromatic rings. The molecule has 0 aromatic heterocycles. The summed E-state index contributed by atoms with van der Waals surface area (Å²) < 4.78 is 0. The highest BCUT2D eigenvalue weighted by Gasteiger charge is 2.25. The number of carbonyl (C=O) groups excluding carboxylic acids is 1. The molecule has 0 aromatic carbocycles. The molecule has 0 unspecified atom stereocenters. The molecule has 0 radical (unpaired) electrons.